The summed E-state index contributed by atoms with van der Waals surface area (Å²) in [5.74, 6) is 0.435. The highest BCUT2D eigenvalue weighted by atomic mass is 32.2. The van der Waals surface area contributed by atoms with Gasteiger partial charge in [-0.1, -0.05) is 36.4 Å². The number of rotatable bonds is 4. The number of benzene rings is 2. The summed E-state index contributed by atoms with van der Waals surface area (Å²) in [4.78, 5) is 0.542. The van der Waals surface area contributed by atoms with Gasteiger partial charge in [-0.3, -0.25) is 0 Å². The van der Waals surface area contributed by atoms with Gasteiger partial charge in [-0.05, 0) is 36.6 Å². The van der Waals surface area contributed by atoms with Crippen LogP contribution in [0.2, 0.25) is 0 Å². The molecule has 0 aromatic heterocycles. The summed E-state index contributed by atoms with van der Waals surface area (Å²) in [6.07, 6.45) is -0.657. The summed E-state index contributed by atoms with van der Waals surface area (Å²) in [5.41, 5.74) is 3.04. The summed E-state index contributed by atoms with van der Waals surface area (Å²) in [6, 6.07) is 12.9. The van der Waals surface area contributed by atoms with Crippen molar-refractivity contribution in [2.75, 3.05) is 0 Å². The Balaban J connectivity index is 2.22. The van der Waals surface area contributed by atoms with Crippen molar-refractivity contribution in [3.05, 3.63) is 65.0 Å². The second-order valence-electron chi connectivity index (χ2n) is 4.55. The lowest BCUT2D eigenvalue weighted by atomic mass is 10.1. The van der Waals surface area contributed by atoms with E-state index in [-0.39, 0.29) is 5.82 Å². The molecule has 0 aliphatic rings. The molecule has 2 aromatic rings. The van der Waals surface area contributed by atoms with Gasteiger partial charge in [0.2, 0.25) is 0 Å². The Hall–Kier alpha value is -1.32. The quantitative estimate of drug-likeness (QED) is 0.831. The molecule has 0 aliphatic heterocycles. The fraction of sp³-hybridized carbons (Fsp3) is 0.250. The minimum absolute atomic E-state index is 0.267. The molecule has 2 aromatic carbocycles. The molecule has 1 nitrogen and oxygen atoms in total. The van der Waals surface area contributed by atoms with Gasteiger partial charge in [0.15, 0.2) is 0 Å². The monoisotopic (exact) mass is 276 g/mol. The van der Waals surface area contributed by atoms with Crippen molar-refractivity contribution in [1.29, 1.82) is 0 Å². The Bertz CT molecular complexity index is 566. The summed E-state index contributed by atoms with van der Waals surface area (Å²) in [7, 11) is 0. The van der Waals surface area contributed by atoms with Crippen LogP contribution in [0.15, 0.2) is 47.4 Å². The number of hydrogen-bond donors (Lipinski definition) is 1. The van der Waals surface area contributed by atoms with Crippen molar-refractivity contribution in [2.45, 2.75) is 30.6 Å². The predicted octanol–water partition coefficient (Wildman–Crippen LogP) is 4.48. The molecule has 19 heavy (non-hydrogen) atoms. The van der Waals surface area contributed by atoms with E-state index in [2.05, 4.69) is 0 Å². The van der Waals surface area contributed by atoms with Gasteiger partial charge in [-0.2, -0.15) is 0 Å². The molecule has 0 bridgehead atoms. The van der Waals surface area contributed by atoms with E-state index in [9.17, 15) is 9.50 Å². The number of aliphatic hydroxyl groups is 1. The Morgan fingerprint density at radius 1 is 1.16 bits per heavy atom. The first-order valence-electron chi connectivity index (χ1n) is 6.23. The van der Waals surface area contributed by atoms with Gasteiger partial charge in [0, 0.05) is 10.6 Å². The summed E-state index contributed by atoms with van der Waals surface area (Å²) in [5, 5.41) is 9.70. The number of thioether (sulfide) groups is 1. The summed E-state index contributed by atoms with van der Waals surface area (Å²) < 4.78 is 13.9. The van der Waals surface area contributed by atoms with Crippen molar-refractivity contribution in [1.82, 2.24) is 0 Å². The lowest BCUT2D eigenvalue weighted by molar-refractivity contribution is 0.195. The topological polar surface area (TPSA) is 20.2 Å². The Morgan fingerprint density at radius 3 is 2.58 bits per heavy atom. The van der Waals surface area contributed by atoms with Crippen molar-refractivity contribution in [3.63, 3.8) is 0 Å². The largest absolute Gasteiger partial charge is 0.389 e. The maximum atomic E-state index is 13.9. The molecule has 0 aliphatic carbocycles. The minimum atomic E-state index is -0.657. The van der Waals surface area contributed by atoms with Gasteiger partial charge < -0.3 is 5.11 Å². The number of hydrogen-bond acceptors (Lipinski definition) is 2. The fourth-order valence-corrected chi connectivity index (χ4v) is 3.16. The predicted molar refractivity (Wildman–Crippen MR) is 77.8 cm³/mol. The van der Waals surface area contributed by atoms with E-state index in [1.165, 1.54) is 29.0 Å². The van der Waals surface area contributed by atoms with Gasteiger partial charge in [0.05, 0.1) is 6.10 Å². The van der Waals surface area contributed by atoms with Crippen molar-refractivity contribution in [2.24, 2.45) is 0 Å². The third kappa shape index (κ3) is 3.37. The molecule has 0 spiro atoms. The number of aliphatic hydroxyl groups excluding tert-OH is 1. The molecule has 0 amide bonds. The van der Waals surface area contributed by atoms with Crippen molar-refractivity contribution >= 4 is 11.8 Å². The van der Waals surface area contributed by atoms with Gasteiger partial charge in [-0.25, -0.2) is 4.39 Å². The Labute approximate surface area is 117 Å². The van der Waals surface area contributed by atoms with Crippen LogP contribution in [0.3, 0.4) is 0 Å². The molecule has 1 atom stereocenters. The number of halogens is 1. The van der Waals surface area contributed by atoms with E-state index in [1.807, 2.05) is 31.2 Å². The second-order valence-corrected chi connectivity index (χ2v) is 5.53. The van der Waals surface area contributed by atoms with Crippen LogP contribution in [0, 0.1) is 12.7 Å². The first kappa shape index (κ1) is 14.1. The van der Waals surface area contributed by atoms with Crippen LogP contribution in [0.5, 0.6) is 0 Å². The minimum Gasteiger partial charge on any atom is -0.389 e. The van der Waals surface area contributed by atoms with Crippen LogP contribution in [0.25, 0.3) is 0 Å². The second kappa shape index (κ2) is 6.22. The van der Waals surface area contributed by atoms with Gasteiger partial charge in [0.25, 0.3) is 0 Å². The Kier molecular flexibility index (Phi) is 4.61. The molecule has 0 heterocycles. The highest BCUT2D eigenvalue weighted by Crippen LogP contribution is 2.32. The van der Waals surface area contributed by atoms with E-state index in [1.54, 1.807) is 19.1 Å². The molecule has 0 saturated heterocycles. The molecule has 3 heteroatoms. The van der Waals surface area contributed by atoms with E-state index >= 15 is 0 Å². The average Bonchev–Trinajstić information content (AvgIpc) is 2.38. The Morgan fingerprint density at radius 2 is 1.89 bits per heavy atom. The van der Waals surface area contributed by atoms with Crippen LogP contribution >= 0.6 is 11.8 Å². The molecule has 0 fully saturated rings. The van der Waals surface area contributed by atoms with Gasteiger partial charge in [0.1, 0.15) is 5.82 Å². The molecule has 0 saturated carbocycles. The lowest BCUT2D eigenvalue weighted by Gasteiger charge is -2.13. The third-order valence-electron chi connectivity index (χ3n) is 3.08. The fourth-order valence-electron chi connectivity index (χ4n) is 1.93. The standard InChI is InChI=1S/C16H17FOS/c1-11-6-3-4-7-13(11)10-19-16-14(12(2)18)8-5-9-15(16)17/h3-9,12,18H,10H2,1-2H3. The summed E-state index contributed by atoms with van der Waals surface area (Å²) in [6.45, 7) is 3.71. The smallest absolute Gasteiger partial charge is 0.137 e. The first-order valence-corrected chi connectivity index (χ1v) is 7.22. The highest BCUT2D eigenvalue weighted by molar-refractivity contribution is 7.98. The molecule has 100 valence electrons. The molecule has 1 N–H and O–H groups in total. The summed E-state index contributed by atoms with van der Waals surface area (Å²) >= 11 is 1.43. The molecule has 0 radical (unpaired) electrons. The van der Waals surface area contributed by atoms with Gasteiger partial charge in [-0.15, -0.1) is 11.8 Å². The van der Waals surface area contributed by atoms with E-state index in [0.717, 1.165) is 0 Å². The molecular formula is C16H17FOS. The van der Waals surface area contributed by atoms with E-state index in [4.69, 9.17) is 0 Å². The van der Waals surface area contributed by atoms with Crippen LogP contribution in [0.1, 0.15) is 29.7 Å². The zero-order chi connectivity index (χ0) is 13.8. The normalized spacial score (nSPS) is 12.4. The maximum Gasteiger partial charge on any atom is 0.137 e. The van der Waals surface area contributed by atoms with Crippen LogP contribution in [0.4, 0.5) is 4.39 Å². The lowest BCUT2D eigenvalue weighted by Crippen LogP contribution is -1.97. The van der Waals surface area contributed by atoms with E-state index < -0.39 is 6.10 Å². The molecule has 2 rings (SSSR count). The van der Waals surface area contributed by atoms with E-state index in [0.29, 0.717) is 16.2 Å². The average molecular weight is 276 g/mol. The van der Waals surface area contributed by atoms with Crippen LogP contribution < -0.4 is 0 Å². The zero-order valence-electron chi connectivity index (χ0n) is 11.1. The van der Waals surface area contributed by atoms with Crippen molar-refractivity contribution < 1.29 is 9.50 Å². The van der Waals surface area contributed by atoms with Crippen LogP contribution in [-0.2, 0) is 5.75 Å². The first-order chi connectivity index (χ1) is 9.09. The van der Waals surface area contributed by atoms with Crippen LogP contribution in [-0.4, -0.2) is 5.11 Å². The third-order valence-corrected chi connectivity index (χ3v) is 4.26. The SMILES string of the molecule is Cc1ccccc1CSc1c(F)cccc1C(C)O. The molecule has 1 unspecified atom stereocenters. The highest BCUT2D eigenvalue weighted by Gasteiger charge is 2.13. The zero-order valence-corrected chi connectivity index (χ0v) is 11.9. The maximum absolute atomic E-state index is 13.9. The van der Waals surface area contributed by atoms with Gasteiger partial charge >= 0.3 is 0 Å². The number of aryl methyl sites for hydroxylation is 1. The van der Waals surface area contributed by atoms with Crippen molar-refractivity contribution in [3.8, 4) is 0 Å². The molecular weight excluding hydrogens is 259 g/mol.